The van der Waals surface area contributed by atoms with E-state index in [0.29, 0.717) is 0 Å². The monoisotopic (exact) mass is 390 g/mol. The van der Waals surface area contributed by atoms with E-state index in [2.05, 4.69) is 29.5 Å². The number of rotatable bonds is 12. The summed E-state index contributed by atoms with van der Waals surface area (Å²) in [5, 5.41) is 3.06. The van der Waals surface area contributed by atoms with E-state index in [-0.39, 0.29) is 0 Å². The van der Waals surface area contributed by atoms with Gasteiger partial charge in [0.2, 0.25) is 0 Å². The number of alkyl halides is 1. The molecule has 0 fully saturated rings. The van der Waals surface area contributed by atoms with Gasteiger partial charge in [0.05, 0.1) is 0 Å². The first-order chi connectivity index (χ1) is 7.41. The molecule has 0 unspecified atom stereocenters. The van der Waals surface area contributed by atoms with Gasteiger partial charge < -0.3 is 0 Å². The standard InChI is InChI=1S/C13H27ISe/c1-2-3-4-5-6-7-8-9-12-15-13-10-11-14/h2-13H2,1H3. The first-order valence-electron chi connectivity index (χ1n) is 6.55. The Labute approximate surface area is 117 Å². The van der Waals surface area contributed by atoms with Gasteiger partial charge in [0.1, 0.15) is 0 Å². The van der Waals surface area contributed by atoms with Gasteiger partial charge >= 0.3 is 117 Å². The van der Waals surface area contributed by atoms with Crippen LogP contribution in [0.1, 0.15) is 64.7 Å². The molecular formula is C13H27ISe. The van der Waals surface area contributed by atoms with Crippen LogP contribution in [0.4, 0.5) is 0 Å². The van der Waals surface area contributed by atoms with Crippen LogP contribution in [0.15, 0.2) is 0 Å². The van der Waals surface area contributed by atoms with E-state index in [1.54, 1.807) is 5.32 Å². The van der Waals surface area contributed by atoms with Crippen molar-refractivity contribution in [3.8, 4) is 0 Å². The summed E-state index contributed by atoms with van der Waals surface area (Å²) in [6, 6.07) is 0. The molecule has 0 aromatic carbocycles. The minimum atomic E-state index is 0.966. The van der Waals surface area contributed by atoms with Gasteiger partial charge in [0, 0.05) is 0 Å². The summed E-state index contributed by atoms with van der Waals surface area (Å²) in [5.74, 6) is 0. The summed E-state index contributed by atoms with van der Waals surface area (Å²) in [7, 11) is 0. The fraction of sp³-hybridized carbons (Fsp3) is 1.00. The zero-order valence-corrected chi connectivity index (χ0v) is 14.1. The van der Waals surface area contributed by atoms with Gasteiger partial charge in [-0.25, -0.2) is 0 Å². The summed E-state index contributed by atoms with van der Waals surface area (Å²) in [6.45, 7) is 2.29. The Morgan fingerprint density at radius 3 is 1.87 bits per heavy atom. The summed E-state index contributed by atoms with van der Waals surface area (Å²) < 4.78 is 1.36. The van der Waals surface area contributed by atoms with E-state index in [0.717, 1.165) is 15.0 Å². The molecule has 0 atom stereocenters. The molecule has 0 saturated heterocycles. The predicted octanol–water partition coefficient (Wildman–Crippen LogP) is 5.49. The van der Waals surface area contributed by atoms with Gasteiger partial charge in [0.15, 0.2) is 0 Å². The molecule has 0 aliphatic heterocycles. The Balaban J connectivity index is 2.81. The van der Waals surface area contributed by atoms with Crippen LogP contribution in [0.25, 0.3) is 0 Å². The first kappa shape index (κ1) is 16.2. The Morgan fingerprint density at radius 1 is 0.733 bits per heavy atom. The van der Waals surface area contributed by atoms with E-state index in [1.165, 1.54) is 67.5 Å². The normalized spacial score (nSPS) is 10.8. The third kappa shape index (κ3) is 15.2. The predicted molar refractivity (Wildman–Crippen MR) is 81.5 cm³/mol. The van der Waals surface area contributed by atoms with Gasteiger partial charge in [-0.2, -0.15) is 0 Å². The van der Waals surface area contributed by atoms with Crippen molar-refractivity contribution in [1.82, 2.24) is 0 Å². The zero-order valence-electron chi connectivity index (χ0n) is 10.3. The van der Waals surface area contributed by atoms with E-state index < -0.39 is 0 Å². The molecule has 15 heavy (non-hydrogen) atoms. The molecule has 0 aliphatic rings. The summed E-state index contributed by atoms with van der Waals surface area (Å²) in [5.41, 5.74) is 0. The second-order valence-corrected chi connectivity index (χ2v) is 7.78. The fourth-order valence-electron chi connectivity index (χ4n) is 1.60. The summed E-state index contributed by atoms with van der Waals surface area (Å²) in [6.07, 6.45) is 13.2. The Bertz CT molecular complexity index is 94.7. The van der Waals surface area contributed by atoms with Crippen molar-refractivity contribution in [3.05, 3.63) is 0 Å². The topological polar surface area (TPSA) is 0 Å². The third-order valence-electron chi connectivity index (χ3n) is 2.56. The molecule has 0 rings (SSSR count). The molecular weight excluding hydrogens is 362 g/mol. The second kappa shape index (κ2) is 15.2. The van der Waals surface area contributed by atoms with Crippen LogP contribution in [0.5, 0.6) is 0 Å². The van der Waals surface area contributed by atoms with Gasteiger partial charge in [0.25, 0.3) is 0 Å². The molecule has 0 N–H and O–H groups in total. The summed E-state index contributed by atoms with van der Waals surface area (Å²) >= 11 is 3.45. The van der Waals surface area contributed by atoms with E-state index in [1.807, 2.05) is 0 Å². The zero-order chi connectivity index (χ0) is 11.2. The second-order valence-electron chi connectivity index (χ2n) is 4.13. The Kier molecular flexibility index (Phi) is 16.5. The number of hydrogen-bond donors (Lipinski definition) is 0. The van der Waals surface area contributed by atoms with Crippen LogP contribution < -0.4 is 0 Å². The van der Waals surface area contributed by atoms with Gasteiger partial charge in [-0.05, 0) is 0 Å². The number of halogens is 1. The van der Waals surface area contributed by atoms with Crippen LogP contribution in [0, 0.1) is 0 Å². The van der Waals surface area contributed by atoms with E-state index in [9.17, 15) is 0 Å². The Morgan fingerprint density at radius 2 is 1.27 bits per heavy atom. The maximum atomic E-state index is 2.49. The van der Waals surface area contributed by atoms with E-state index in [4.69, 9.17) is 0 Å². The maximum absolute atomic E-state index is 2.49. The molecule has 0 aliphatic carbocycles. The van der Waals surface area contributed by atoms with Crippen molar-refractivity contribution < 1.29 is 0 Å². The van der Waals surface area contributed by atoms with Crippen molar-refractivity contribution in [2.75, 3.05) is 4.43 Å². The molecule has 0 saturated carbocycles. The van der Waals surface area contributed by atoms with Crippen molar-refractivity contribution >= 4 is 37.5 Å². The molecule has 2 heteroatoms. The molecule has 0 radical (unpaired) electrons. The quantitative estimate of drug-likeness (QED) is 0.179. The SMILES string of the molecule is CCCCCCCCCC[Se]CCCI. The molecule has 0 heterocycles. The summed E-state index contributed by atoms with van der Waals surface area (Å²) in [4.78, 5) is 0. The van der Waals surface area contributed by atoms with Crippen LogP contribution in [-0.2, 0) is 0 Å². The molecule has 0 nitrogen and oxygen atoms in total. The van der Waals surface area contributed by atoms with E-state index >= 15 is 0 Å². The van der Waals surface area contributed by atoms with Crippen LogP contribution >= 0.6 is 22.6 Å². The molecule has 0 aromatic rings. The average molecular weight is 389 g/mol. The van der Waals surface area contributed by atoms with Crippen molar-refractivity contribution in [2.24, 2.45) is 0 Å². The number of unbranched alkanes of at least 4 members (excludes halogenated alkanes) is 7. The van der Waals surface area contributed by atoms with Gasteiger partial charge in [-0.15, -0.1) is 0 Å². The minimum absolute atomic E-state index is 0.966. The molecule has 0 bridgehead atoms. The molecule has 0 aromatic heterocycles. The van der Waals surface area contributed by atoms with Crippen molar-refractivity contribution in [2.45, 2.75) is 75.3 Å². The first-order valence-corrected chi connectivity index (χ1v) is 10.5. The number of hydrogen-bond acceptors (Lipinski definition) is 0. The molecule has 92 valence electrons. The van der Waals surface area contributed by atoms with Gasteiger partial charge in [-0.3, -0.25) is 0 Å². The molecule has 0 spiro atoms. The fourth-order valence-corrected chi connectivity index (χ4v) is 5.16. The van der Waals surface area contributed by atoms with Crippen LogP contribution in [0.2, 0.25) is 10.6 Å². The van der Waals surface area contributed by atoms with Gasteiger partial charge in [-0.1, -0.05) is 0 Å². The van der Waals surface area contributed by atoms with Crippen molar-refractivity contribution in [3.63, 3.8) is 0 Å². The van der Waals surface area contributed by atoms with Crippen LogP contribution in [0.3, 0.4) is 0 Å². The van der Waals surface area contributed by atoms with Crippen molar-refractivity contribution in [1.29, 1.82) is 0 Å². The average Bonchev–Trinajstić information content (AvgIpc) is 2.26. The van der Waals surface area contributed by atoms with Crippen LogP contribution in [-0.4, -0.2) is 19.4 Å². The Hall–Kier alpha value is 1.25. The molecule has 0 amide bonds. The third-order valence-corrected chi connectivity index (χ3v) is 5.75.